The van der Waals surface area contributed by atoms with Crippen LogP contribution in [0.5, 0.6) is 11.5 Å². The molecule has 126 valence electrons. The number of rotatable bonds is 4. The van der Waals surface area contributed by atoms with Gasteiger partial charge in [-0.2, -0.15) is 0 Å². The number of halogens is 1. The van der Waals surface area contributed by atoms with Crippen molar-refractivity contribution in [1.29, 1.82) is 0 Å². The lowest BCUT2D eigenvalue weighted by molar-refractivity contribution is -0.122. The van der Waals surface area contributed by atoms with Crippen LogP contribution in [-0.4, -0.2) is 19.1 Å². The van der Waals surface area contributed by atoms with Crippen molar-refractivity contribution >= 4 is 23.2 Å². The van der Waals surface area contributed by atoms with Crippen LogP contribution in [0.1, 0.15) is 18.4 Å². The maximum Gasteiger partial charge on any atom is 0.227 e. The first-order valence-corrected chi connectivity index (χ1v) is 8.42. The maximum atomic E-state index is 12.5. The summed E-state index contributed by atoms with van der Waals surface area (Å²) in [5, 5.41) is 3.50. The van der Waals surface area contributed by atoms with Crippen molar-refractivity contribution in [1.82, 2.24) is 0 Å². The number of hydrogen-bond acceptors (Lipinski definition) is 3. The summed E-state index contributed by atoms with van der Waals surface area (Å²) < 4.78 is 11.2. The van der Waals surface area contributed by atoms with E-state index in [2.05, 4.69) is 5.32 Å². The average Bonchev–Trinajstić information content (AvgIpc) is 2.60. The Kier molecular flexibility index (Phi) is 5.38. The van der Waals surface area contributed by atoms with E-state index in [9.17, 15) is 4.79 Å². The Morgan fingerprint density at radius 3 is 2.58 bits per heavy atom. The Bertz CT molecular complexity index is 709. The predicted molar refractivity (Wildman–Crippen MR) is 94.9 cm³/mol. The monoisotopic (exact) mass is 345 g/mol. The van der Waals surface area contributed by atoms with E-state index in [0.29, 0.717) is 35.4 Å². The Morgan fingerprint density at radius 2 is 1.88 bits per heavy atom. The summed E-state index contributed by atoms with van der Waals surface area (Å²) in [6.45, 7) is 3.27. The van der Waals surface area contributed by atoms with Crippen LogP contribution in [0, 0.1) is 12.8 Å². The molecule has 0 bridgehead atoms. The molecule has 0 aromatic heterocycles. The molecule has 1 saturated heterocycles. The lowest BCUT2D eigenvalue weighted by Crippen LogP contribution is -2.28. The molecular formula is C19H20ClNO3. The molecule has 2 aromatic carbocycles. The first-order valence-electron chi connectivity index (χ1n) is 8.04. The molecule has 5 heteroatoms. The van der Waals surface area contributed by atoms with E-state index < -0.39 is 0 Å². The molecule has 1 aliphatic heterocycles. The standard InChI is InChI=1S/C19H20ClNO3/c1-13-2-5-16(6-3-13)24-18-7-4-15(20)12-17(18)21-19(22)14-8-10-23-11-9-14/h2-7,12,14H,8-11H2,1H3,(H,21,22). The summed E-state index contributed by atoms with van der Waals surface area (Å²) in [5.74, 6) is 1.23. The zero-order valence-electron chi connectivity index (χ0n) is 13.5. The van der Waals surface area contributed by atoms with Gasteiger partial charge in [0.05, 0.1) is 5.69 Å². The molecule has 24 heavy (non-hydrogen) atoms. The van der Waals surface area contributed by atoms with Crippen molar-refractivity contribution in [2.45, 2.75) is 19.8 Å². The number of carbonyl (C=O) groups excluding carboxylic acids is 1. The van der Waals surface area contributed by atoms with Gasteiger partial charge in [-0.25, -0.2) is 0 Å². The van der Waals surface area contributed by atoms with Gasteiger partial charge in [-0.1, -0.05) is 29.3 Å². The number of aryl methyl sites for hydroxylation is 1. The van der Waals surface area contributed by atoms with Gasteiger partial charge in [0.1, 0.15) is 5.75 Å². The molecule has 0 radical (unpaired) electrons. The first kappa shape index (κ1) is 16.8. The van der Waals surface area contributed by atoms with Crippen LogP contribution in [0.25, 0.3) is 0 Å². The summed E-state index contributed by atoms with van der Waals surface area (Å²) in [6, 6.07) is 13.0. The lowest BCUT2D eigenvalue weighted by atomic mass is 9.99. The number of carbonyl (C=O) groups is 1. The minimum atomic E-state index is -0.0371. The molecule has 0 saturated carbocycles. The highest BCUT2D eigenvalue weighted by Crippen LogP contribution is 2.33. The smallest absolute Gasteiger partial charge is 0.227 e. The second kappa shape index (κ2) is 7.69. The topological polar surface area (TPSA) is 47.6 Å². The highest BCUT2D eigenvalue weighted by Gasteiger charge is 2.22. The van der Waals surface area contributed by atoms with Gasteiger partial charge in [0.2, 0.25) is 5.91 Å². The zero-order valence-corrected chi connectivity index (χ0v) is 14.3. The van der Waals surface area contributed by atoms with E-state index in [1.54, 1.807) is 18.2 Å². The SMILES string of the molecule is Cc1ccc(Oc2ccc(Cl)cc2NC(=O)C2CCOCC2)cc1. The number of anilines is 1. The molecule has 1 N–H and O–H groups in total. The highest BCUT2D eigenvalue weighted by atomic mass is 35.5. The molecule has 2 aromatic rings. The van der Waals surface area contributed by atoms with Crippen LogP contribution in [0.4, 0.5) is 5.69 Å². The molecule has 3 rings (SSSR count). The summed E-state index contributed by atoms with van der Waals surface area (Å²) in [5.41, 5.74) is 1.74. The third-order valence-corrected chi connectivity index (χ3v) is 4.28. The number of nitrogens with one attached hydrogen (secondary N) is 1. The maximum absolute atomic E-state index is 12.5. The molecule has 1 fully saturated rings. The third kappa shape index (κ3) is 4.28. The second-order valence-corrected chi connectivity index (χ2v) is 6.37. The van der Waals surface area contributed by atoms with Gasteiger partial charge in [0.25, 0.3) is 0 Å². The quantitative estimate of drug-likeness (QED) is 0.865. The Balaban J connectivity index is 1.77. The van der Waals surface area contributed by atoms with Crippen LogP contribution < -0.4 is 10.1 Å². The predicted octanol–water partition coefficient (Wildman–Crippen LogP) is 4.81. The molecule has 1 aliphatic rings. The second-order valence-electron chi connectivity index (χ2n) is 5.93. The van der Waals surface area contributed by atoms with Crippen molar-refractivity contribution in [3.63, 3.8) is 0 Å². The average molecular weight is 346 g/mol. The van der Waals surface area contributed by atoms with Gasteiger partial charge >= 0.3 is 0 Å². The minimum Gasteiger partial charge on any atom is -0.455 e. The number of ether oxygens (including phenoxy) is 2. The molecule has 1 heterocycles. The fourth-order valence-corrected chi connectivity index (χ4v) is 2.79. The van der Waals surface area contributed by atoms with Crippen molar-refractivity contribution in [2.24, 2.45) is 5.92 Å². The van der Waals surface area contributed by atoms with E-state index in [1.165, 1.54) is 0 Å². The molecule has 0 spiro atoms. The van der Waals surface area contributed by atoms with Crippen molar-refractivity contribution in [3.8, 4) is 11.5 Å². The van der Waals surface area contributed by atoms with Gasteiger partial charge in [0.15, 0.2) is 5.75 Å². The van der Waals surface area contributed by atoms with Crippen molar-refractivity contribution in [3.05, 3.63) is 53.1 Å². The summed E-state index contributed by atoms with van der Waals surface area (Å²) in [7, 11) is 0. The van der Waals surface area contributed by atoms with Gasteiger partial charge in [-0.3, -0.25) is 4.79 Å². The molecule has 0 aliphatic carbocycles. The van der Waals surface area contributed by atoms with Crippen LogP contribution >= 0.6 is 11.6 Å². The fourth-order valence-electron chi connectivity index (χ4n) is 2.62. The molecule has 4 nitrogen and oxygen atoms in total. The van der Waals surface area contributed by atoms with E-state index in [1.807, 2.05) is 31.2 Å². The summed E-state index contributed by atoms with van der Waals surface area (Å²) in [4.78, 5) is 12.5. The van der Waals surface area contributed by atoms with Crippen LogP contribution in [0.2, 0.25) is 5.02 Å². The molecule has 1 amide bonds. The van der Waals surface area contributed by atoms with E-state index >= 15 is 0 Å². The van der Waals surface area contributed by atoms with Crippen LogP contribution in [0.15, 0.2) is 42.5 Å². The van der Waals surface area contributed by atoms with E-state index in [4.69, 9.17) is 21.1 Å². The van der Waals surface area contributed by atoms with Crippen molar-refractivity contribution < 1.29 is 14.3 Å². The van der Waals surface area contributed by atoms with Gasteiger partial charge in [0, 0.05) is 24.2 Å². The Hall–Kier alpha value is -2.04. The molecular weight excluding hydrogens is 326 g/mol. The van der Waals surface area contributed by atoms with E-state index in [0.717, 1.165) is 18.4 Å². The number of hydrogen-bond donors (Lipinski definition) is 1. The number of amides is 1. The van der Waals surface area contributed by atoms with E-state index in [-0.39, 0.29) is 11.8 Å². The molecule has 0 atom stereocenters. The Morgan fingerprint density at radius 1 is 1.17 bits per heavy atom. The summed E-state index contributed by atoms with van der Waals surface area (Å²) in [6.07, 6.45) is 1.47. The largest absolute Gasteiger partial charge is 0.455 e. The van der Waals surface area contributed by atoms with Gasteiger partial charge < -0.3 is 14.8 Å². The third-order valence-electron chi connectivity index (χ3n) is 4.04. The van der Waals surface area contributed by atoms with Gasteiger partial charge in [-0.05, 0) is 50.1 Å². The summed E-state index contributed by atoms with van der Waals surface area (Å²) >= 11 is 6.08. The highest BCUT2D eigenvalue weighted by molar-refractivity contribution is 6.31. The van der Waals surface area contributed by atoms with Crippen LogP contribution in [-0.2, 0) is 9.53 Å². The molecule has 0 unspecified atom stereocenters. The first-order chi connectivity index (χ1) is 11.6. The normalized spacial score (nSPS) is 15.1. The van der Waals surface area contributed by atoms with Crippen LogP contribution in [0.3, 0.4) is 0 Å². The minimum absolute atomic E-state index is 0.0191. The number of benzene rings is 2. The zero-order chi connectivity index (χ0) is 16.9. The Labute approximate surface area is 146 Å². The van der Waals surface area contributed by atoms with Crippen molar-refractivity contribution in [2.75, 3.05) is 18.5 Å². The lowest BCUT2D eigenvalue weighted by Gasteiger charge is -2.22. The van der Waals surface area contributed by atoms with Gasteiger partial charge in [-0.15, -0.1) is 0 Å². The fraction of sp³-hybridized carbons (Fsp3) is 0.316.